The lowest BCUT2D eigenvalue weighted by Crippen LogP contribution is -1.97. The Bertz CT molecular complexity index is 858. The Morgan fingerprint density at radius 2 is 1.86 bits per heavy atom. The van der Waals surface area contributed by atoms with Gasteiger partial charge in [0.15, 0.2) is 0 Å². The molecule has 3 aromatic rings. The van der Waals surface area contributed by atoms with Crippen LogP contribution in [0.1, 0.15) is 11.4 Å². The van der Waals surface area contributed by atoms with Gasteiger partial charge in [0.2, 0.25) is 5.78 Å². The van der Waals surface area contributed by atoms with Crippen LogP contribution in [0.3, 0.4) is 0 Å². The monoisotopic (exact) mass is 361 g/mol. The molecule has 0 unspecified atom stereocenters. The van der Waals surface area contributed by atoms with Crippen LogP contribution in [0.25, 0.3) is 17.0 Å². The first-order valence-electron chi connectivity index (χ1n) is 6.79. The van der Waals surface area contributed by atoms with Crippen LogP contribution in [0.2, 0.25) is 0 Å². The highest BCUT2D eigenvalue weighted by Crippen LogP contribution is 2.33. The smallest absolute Gasteiger partial charge is 0.234 e. The summed E-state index contributed by atoms with van der Waals surface area (Å²) in [6, 6.07) is 5.68. The van der Waals surface area contributed by atoms with Gasteiger partial charge in [-0.2, -0.15) is 0 Å². The third-order valence-electron chi connectivity index (χ3n) is 3.64. The second-order valence-corrected chi connectivity index (χ2v) is 5.75. The average molecular weight is 362 g/mol. The highest BCUT2D eigenvalue weighted by atomic mass is 79.9. The summed E-state index contributed by atoms with van der Waals surface area (Å²) in [7, 11) is 3.27. The van der Waals surface area contributed by atoms with Crippen molar-refractivity contribution in [2.45, 2.75) is 13.8 Å². The summed E-state index contributed by atoms with van der Waals surface area (Å²) in [5.74, 6) is 2.14. The molecule has 0 spiro atoms. The van der Waals surface area contributed by atoms with E-state index >= 15 is 0 Å². The van der Waals surface area contributed by atoms with Crippen molar-refractivity contribution in [1.29, 1.82) is 0 Å². The van der Waals surface area contributed by atoms with Crippen molar-refractivity contribution in [3.63, 3.8) is 0 Å². The number of aryl methyl sites for hydroxylation is 2. The molecular formula is C16H16BrN3O2. The second-order valence-electron chi connectivity index (χ2n) is 4.96. The van der Waals surface area contributed by atoms with Crippen molar-refractivity contribution >= 4 is 21.7 Å². The maximum Gasteiger partial charge on any atom is 0.234 e. The Labute approximate surface area is 137 Å². The van der Waals surface area contributed by atoms with E-state index in [4.69, 9.17) is 9.47 Å². The normalized spacial score (nSPS) is 11.0. The van der Waals surface area contributed by atoms with Gasteiger partial charge in [0.05, 0.1) is 30.1 Å². The van der Waals surface area contributed by atoms with Gasteiger partial charge in [0.25, 0.3) is 0 Å². The van der Waals surface area contributed by atoms with E-state index in [0.717, 1.165) is 38.6 Å². The van der Waals surface area contributed by atoms with Crippen molar-refractivity contribution in [3.05, 3.63) is 40.3 Å². The van der Waals surface area contributed by atoms with E-state index in [1.54, 1.807) is 14.2 Å². The quantitative estimate of drug-likeness (QED) is 0.711. The van der Waals surface area contributed by atoms with Gasteiger partial charge >= 0.3 is 0 Å². The average Bonchev–Trinajstić information content (AvgIpc) is 2.95. The van der Waals surface area contributed by atoms with Gasteiger partial charge in [-0.1, -0.05) is 0 Å². The largest absolute Gasteiger partial charge is 0.497 e. The zero-order chi connectivity index (χ0) is 15.9. The third kappa shape index (κ3) is 2.33. The summed E-state index contributed by atoms with van der Waals surface area (Å²) in [4.78, 5) is 9.13. The van der Waals surface area contributed by atoms with Crippen LogP contribution < -0.4 is 9.47 Å². The molecule has 2 heterocycles. The van der Waals surface area contributed by atoms with Crippen LogP contribution in [0.4, 0.5) is 0 Å². The number of methoxy groups -OCH3 is 2. The number of aromatic nitrogens is 3. The van der Waals surface area contributed by atoms with Gasteiger partial charge in [-0.25, -0.2) is 9.97 Å². The van der Waals surface area contributed by atoms with Crippen LogP contribution >= 0.6 is 15.9 Å². The number of hydrogen-bond acceptors (Lipinski definition) is 4. The molecule has 6 heteroatoms. The summed E-state index contributed by atoms with van der Waals surface area (Å²) < 4.78 is 13.6. The predicted molar refractivity (Wildman–Crippen MR) is 88.7 cm³/mol. The number of hydrogen-bond donors (Lipinski definition) is 0. The number of ether oxygens (including phenoxy) is 2. The molecule has 0 N–H and O–H groups in total. The minimum atomic E-state index is 0.672. The molecule has 0 saturated carbocycles. The van der Waals surface area contributed by atoms with Crippen LogP contribution in [0.15, 0.2) is 28.9 Å². The molecule has 0 aliphatic heterocycles. The van der Waals surface area contributed by atoms with Gasteiger partial charge < -0.3 is 9.47 Å². The van der Waals surface area contributed by atoms with Crippen molar-refractivity contribution in [1.82, 2.24) is 14.4 Å². The highest BCUT2D eigenvalue weighted by Gasteiger charge is 2.14. The molecule has 2 aromatic heterocycles. The molecule has 0 fully saturated rings. The minimum absolute atomic E-state index is 0.672. The molecule has 0 bridgehead atoms. The second kappa shape index (κ2) is 5.61. The van der Waals surface area contributed by atoms with E-state index in [0.29, 0.717) is 5.78 Å². The molecule has 0 aliphatic rings. The van der Waals surface area contributed by atoms with Crippen molar-refractivity contribution in [2.75, 3.05) is 14.2 Å². The summed E-state index contributed by atoms with van der Waals surface area (Å²) >= 11 is 3.56. The first-order chi connectivity index (χ1) is 10.5. The van der Waals surface area contributed by atoms with Crippen molar-refractivity contribution < 1.29 is 9.47 Å². The molecule has 5 nitrogen and oxygen atoms in total. The standard InChI is InChI=1S/C16H16BrN3O2/c1-9-15(17)10(2)20-8-13(19-16(20)18-9)12-6-5-11(21-3)7-14(12)22-4/h5-8H,1-4H3. The van der Waals surface area contributed by atoms with E-state index in [1.807, 2.05) is 42.6 Å². The molecule has 22 heavy (non-hydrogen) atoms. The summed E-state index contributed by atoms with van der Waals surface area (Å²) in [5, 5.41) is 0. The first-order valence-corrected chi connectivity index (χ1v) is 7.58. The fourth-order valence-electron chi connectivity index (χ4n) is 2.40. The fraction of sp³-hybridized carbons (Fsp3) is 0.250. The summed E-state index contributed by atoms with van der Waals surface area (Å²) in [6.07, 6.45) is 1.96. The van der Waals surface area contributed by atoms with Crippen LogP contribution in [0, 0.1) is 13.8 Å². The molecule has 3 rings (SSSR count). The molecule has 0 aliphatic carbocycles. The minimum Gasteiger partial charge on any atom is -0.497 e. The highest BCUT2D eigenvalue weighted by molar-refractivity contribution is 9.10. The fourth-order valence-corrected chi connectivity index (χ4v) is 2.68. The Morgan fingerprint density at radius 1 is 1.09 bits per heavy atom. The first kappa shape index (κ1) is 14.8. The van der Waals surface area contributed by atoms with E-state index in [2.05, 4.69) is 25.9 Å². The lowest BCUT2D eigenvalue weighted by molar-refractivity contribution is 0.395. The van der Waals surface area contributed by atoms with Gasteiger partial charge in [-0.3, -0.25) is 4.40 Å². The zero-order valence-electron chi connectivity index (χ0n) is 12.8. The third-order valence-corrected chi connectivity index (χ3v) is 4.78. The molecule has 114 valence electrons. The number of fused-ring (bicyclic) bond motifs is 1. The van der Waals surface area contributed by atoms with Crippen LogP contribution in [-0.4, -0.2) is 28.6 Å². The van der Waals surface area contributed by atoms with Crippen LogP contribution in [0.5, 0.6) is 11.5 Å². The van der Waals surface area contributed by atoms with Gasteiger partial charge in [0.1, 0.15) is 11.5 Å². The molecule has 0 radical (unpaired) electrons. The Balaban J connectivity index is 2.21. The Morgan fingerprint density at radius 3 is 2.55 bits per heavy atom. The van der Waals surface area contributed by atoms with E-state index in [1.165, 1.54) is 0 Å². The molecular weight excluding hydrogens is 346 g/mol. The van der Waals surface area contributed by atoms with Crippen molar-refractivity contribution in [2.24, 2.45) is 0 Å². The van der Waals surface area contributed by atoms with Gasteiger partial charge in [0, 0.05) is 23.5 Å². The maximum absolute atomic E-state index is 5.46. The van der Waals surface area contributed by atoms with Crippen LogP contribution in [-0.2, 0) is 0 Å². The van der Waals surface area contributed by atoms with Crippen molar-refractivity contribution in [3.8, 4) is 22.8 Å². The Kier molecular flexibility index (Phi) is 3.78. The number of benzene rings is 1. The number of halogens is 1. The van der Waals surface area contributed by atoms with Gasteiger partial charge in [-0.05, 0) is 41.9 Å². The Hall–Kier alpha value is -2.08. The SMILES string of the molecule is COc1ccc(-c2cn3c(C)c(Br)c(C)nc3n2)c(OC)c1. The lowest BCUT2D eigenvalue weighted by atomic mass is 10.1. The number of imidazole rings is 1. The molecule has 0 atom stereocenters. The topological polar surface area (TPSA) is 48.7 Å². The van der Waals surface area contributed by atoms with E-state index in [-0.39, 0.29) is 0 Å². The molecule has 0 saturated heterocycles. The molecule has 0 amide bonds. The predicted octanol–water partition coefficient (Wildman–Crippen LogP) is 3.79. The van der Waals surface area contributed by atoms with Gasteiger partial charge in [-0.15, -0.1) is 0 Å². The lowest BCUT2D eigenvalue weighted by Gasteiger charge is -2.08. The maximum atomic E-state index is 5.46. The summed E-state index contributed by atoms with van der Waals surface area (Å²) in [6.45, 7) is 3.99. The molecule has 1 aromatic carbocycles. The van der Waals surface area contributed by atoms with E-state index in [9.17, 15) is 0 Å². The summed E-state index contributed by atoms with van der Waals surface area (Å²) in [5.41, 5.74) is 3.70. The number of rotatable bonds is 3. The number of nitrogens with zero attached hydrogens (tertiary/aromatic N) is 3. The van der Waals surface area contributed by atoms with E-state index < -0.39 is 0 Å². The zero-order valence-corrected chi connectivity index (χ0v) is 14.4.